The van der Waals surface area contributed by atoms with E-state index in [4.69, 9.17) is 4.74 Å². The molecule has 2 N–H and O–H groups in total. The van der Waals surface area contributed by atoms with Crippen molar-refractivity contribution in [2.75, 3.05) is 6.61 Å². The first-order valence-corrected chi connectivity index (χ1v) is 15.2. The van der Waals surface area contributed by atoms with E-state index in [0.29, 0.717) is 19.4 Å². The molecule has 2 heterocycles. The molecule has 4 atom stereocenters. The maximum Gasteiger partial charge on any atom is 0.330 e. The Morgan fingerprint density at radius 3 is 1.85 bits per heavy atom. The molecule has 9 heteroatoms. The van der Waals surface area contributed by atoms with E-state index in [-0.39, 0.29) is 46.2 Å². The van der Waals surface area contributed by atoms with E-state index in [0.717, 1.165) is 15.4 Å². The smallest absolute Gasteiger partial charge is 0.330 e. The molecule has 3 aromatic rings. The van der Waals surface area contributed by atoms with Gasteiger partial charge in [-0.2, -0.15) is 0 Å². The highest BCUT2D eigenvalue weighted by Crippen LogP contribution is 2.32. The third kappa shape index (κ3) is 8.83. The molecule has 2 amide bonds. The summed E-state index contributed by atoms with van der Waals surface area (Å²) >= 11 is 3.07. The first-order valence-electron chi connectivity index (χ1n) is 13.4. The fraction of sp³-hybridized carbons (Fsp3) is 0.250. The number of hydrogen-bond acceptors (Lipinski definition) is 7. The van der Waals surface area contributed by atoms with E-state index in [2.05, 4.69) is 10.6 Å². The number of Topliss-reactive ketones (excluding diaryl/α,β-unsaturated/α-hetero) is 1. The fourth-order valence-corrected chi connectivity index (χ4v) is 6.41. The summed E-state index contributed by atoms with van der Waals surface area (Å²) in [6.45, 7) is 2.10. The monoisotopic (exact) mass is 588 g/mol. The molecule has 4 unspecified atom stereocenters. The van der Waals surface area contributed by atoms with Gasteiger partial charge in [0.05, 0.1) is 18.7 Å². The second-order valence-electron chi connectivity index (χ2n) is 9.29. The van der Waals surface area contributed by atoms with Crippen LogP contribution in [0.1, 0.15) is 30.1 Å². The summed E-state index contributed by atoms with van der Waals surface area (Å²) in [5, 5.41) is 5.39. The van der Waals surface area contributed by atoms with E-state index in [1.807, 2.05) is 91.0 Å². The van der Waals surface area contributed by atoms with Gasteiger partial charge in [-0.15, -0.1) is 23.5 Å². The molecule has 2 aliphatic heterocycles. The number of amides is 2. The summed E-state index contributed by atoms with van der Waals surface area (Å²) < 4.78 is 4.80. The Hall–Kier alpha value is -3.82. The van der Waals surface area contributed by atoms with Crippen molar-refractivity contribution >= 4 is 47.1 Å². The lowest BCUT2D eigenvalue weighted by Crippen LogP contribution is -2.60. The number of thioether (sulfide) groups is 2. The van der Waals surface area contributed by atoms with Gasteiger partial charge in [0.25, 0.3) is 0 Å². The first-order chi connectivity index (χ1) is 19.9. The van der Waals surface area contributed by atoms with Gasteiger partial charge < -0.3 is 15.4 Å². The van der Waals surface area contributed by atoms with Crippen molar-refractivity contribution in [3.63, 3.8) is 0 Å². The van der Waals surface area contributed by atoms with Crippen LogP contribution >= 0.6 is 23.5 Å². The van der Waals surface area contributed by atoms with E-state index < -0.39 is 0 Å². The van der Waals surface area contributed by atoms with Gasteiger partial charge in [-0.05, 0) is 37.6 Å². The Balaban J connectivity index is 0.000000191. The summed E-state index contributed by atoms with van der Waals surface area (Å²) in [7, 11) is 0. The molecule has 0 aliphatic carbocycles. The van der Waals surface area contributed by atoms with Gasteiger partial charge in [-0.3, -0.25) is 14.4 Å². The largest absolute Gasteiger partial charge is 0.463 e. The highest BCUT2D eigenvalue weighted by Gasteiger charge is 2.40. The highest BCUT2D eigenvalue weighted by atomic mass is 32.2. The molecule has 212 valence electrons. The van der Waals surface area contributed by atoms with Crippen LogP contribution in [-0.2, 0) is 19.1 Å². The quantitative estimate of drug-likeness (QED) is 0.140. The topological polar surface area (TPSA) is 102 Å². The van der Waals surface area contributed by atoms with Crippen LogP contribution in [0.3, 0.4) is 0 Å². The molecule has 2 saturated heterocycles. The zero-order valence-electron chi connectivity index (χ0n) is 22.6. The number of carbonyl (C=O) groups is 4. The number of ether oxygens (including phenoxy) is 1. The number of β-lactam (4-membered cyclic amide) rings is 2. The molecule has 0 saturated carbocycles. The molecule has 0 bridgehead atoms. The number of benzene rings is 3. The Morgan fingerprint density at radius 2 is 1.32 bits per heavy atom. The van der Waals surface area contributed by atoms with Gasteiger partial charge in [0.1, 0.15) is 10.5 Å². The minimum Gasteiger partial charge on any atom is -0.463 e. The highest BCUT2D eigenvalue weighted by molar-refractivity contribution is 8.01. The maximum atomic E-state index is 12.1. The van der Waals surface area contributed by atoms with Gasteiger partial charge in [0, 0.05) is 27.9 Å². The standard InChI is InChI=1S/C18H17NO2S.C14H15NO3S/c20-16(13-7-3-1-4-8-13)12-11-15-17(18(21)19-15)22-14-9-5-2-6-10-14;1-2-18-12(16)9-8-11-13(14(17)15-11)19-10-6-4-3-5-7-10/h1-10,15,17H,11-12H2,(H,19,21);3-9,11,13H,2H2,1H3,(H,15,17). The van der Waals surface area contributed by atoms with Crippen LogP contribution in [0.25, 0.3) is 0 Å². The predicted octanol–water partition coefficient (Wildman–Crippen LogP) is 5.07. The van der Waals surface area contributed by atoms with Gasteiger partial charge in [0.15, 0.2) is 5.78 Å². The lowest BCUT2D eigenvalue weighted by atomic mass is 9.96. The van der Waals surface area contributed by atoms with Crippen LogP contribution in [0.15, 0.2) is 113 Å². The van der Waals surface area contributed by atoms with Crippen molar-refractivity contribution in [2.45, 2.75) is 52.1 Å². The average molecular weight is 589 g/mol. The first kappa shape index (κ1) is 30.1. The molecule has 0 aromatic heterocycles. The molecule has 5 rings (SSSR count). The minimum atomic E-state index is -0.382. The zero-order chi connectivity index (χ0) is 29.0. The van der Waals surface area contributed by atoms with Crippen molar-refractivity contribution in [2.24, 2.45) is 0 Å². The van der Waals surface area contributed by atoms with Gasteiger partial charge >= 0.3 is 5.97 Å². The van der Waals surface area contributed by atoms with Crippen molar-refractivity contribution in [3.05, 3.63) is 109 Å². The molecule has 0 radical (unpaired) electrons. The SMILES string of the molecule is CCOC(=O)C=CC1NC(=O)C1Sc1ccccc1.O=C(CCC1NC(=O)C1Sc1ccccc1)c1ccccc1. The summed E-state index contributed by atoms with van der Waals surface area (Å²) in [6.07, 6.45) is 4.19. The van der Waals surface area contributed by atoms with E-state index >= 15 is 0 Å². The second-order valence-corrected chi connectivity index (χ2v) is 11.7. The Morgan fingerprint density at radius 1 is 0.780 bits per heavy atom. The van der Waals surface area contributed by atoms with Crippen molar-refractivity contribution in [1.82, 2.24) is 10.6 Å². The van der Waals surface area contributed by atoms with Crippen LogP contribution in [-0.4, -0.2) is 52.8 Å². The van der Waals surface area contributed by atoms with Crippen molar-refractivity contribution < 1.29 is 23.9 Å². The molecular weight excluding hydrogens is 556 g/mol. The van der Waals surface area contributed by atoms with Crippen LogP contribution in [0.4, 0.5) is 0 Å². The molecule has 2 aliphatic rings. The van der Waals surface area contributed by atoms with Gasteiger partial charge in [0.2, 0.25) is 11.8 Å². The summed E-state index contributed by atoms with van der Waals surface area (Å²) in [4.78, 5) is 48.7. The van der Waals surface area contributed by atoms with Crippen molar-refractivity contribution in [3.8, 4) is 0 Å². The van der Waals surface area contributed by atoms with Crippen LogP contribution < -0.4 is 10.6 Å². The number of rotatable bonds is 11. The van der Waals surface area contributed by atoms with E-state index in [9.17, 15) is 19.2 Å². The van der Waals surface area contributed by atoms with Gasteiger partial charge in [-0.1, -0.05) is 72.8 Å². The predicted molar refractivity (Wildman–Crippen MR) is 162 cm³/mol. The Labute approximate surface area is 248 Å². The second kappa shape index (κ2) is 15.3. The molecule has 0 spiro atoms. The van der Waals surface area contributed by atoms with E-state index in [1.54, 1.807) is 24.8 Å². The Kier molecular flexibility index (Phi) is 11.2. The number of esters is 1. The van der Waals surface area contributed by atoms with Crippen LogP contribution in [0, 0.1) is 0 Å². The van der Waals surface area contributed by atoms with E-state index in [1.165, 1.54) is 17.8 Å². The third-order valence-corrected chi connectivity index (χ3v) is 9.01. The zero-order valence-corrected chi connectivity index (χ0v) is 24.2. The number of carbonyl (C=O) groups excluding carboxylic acids is 4. The third-order valence-electron chi connectivity index (χ3n) is 6.36. The lowest BCUT2D eigenvalue weighted by Gasteiger charge is -2.36. The molecule has 3 aromatic carbocycles. The number of ketones is 1. The number of hydrogen-bond donors (Lipinski definition) is 2. The minimum absolute atomic E-state index is 0.00707. The van der Waals surface area contributed by atoms with Crippen molar-refractivity contribution in [1.29, 1.82) is 0 Å². The van der Waals surface area contributed by atoms with Crippen LogP contribution in [0.2, 0.25) is 0 Å². The summed E-state index contributed by atoms with van der Waals surface area (Å²) in [5.74, 6) is -0.198. The molecule has 2 fully saturated rings. The Bertz CT molecular complexity index is 1350. The van der Waals surface area contributed by atoms with Gasteiger partial charge in [-0.25, -0.2) is 4.79 Å². The molecule has 7 nitrogen and oxygen atoms in total. The average Bonchev–Trinajstić information content (AvgIpc) is 3.00. The maximum absolute atomic E-state index is 12.1. The van der Waals surface area contributed by atoms with Crippen LogP contribution in [0.5, 0.6) is 0 Å². The normalized spacial score (nSPS) is 20.9. The molecule has 41 heavy (non-hydrogen) atoms. The summed E-state index contributed by atoms with van der Waals surface area (Å²) in [5.41, 5.74) is 0.736. The lowest BCUT2D eigenvalue weighted by molar-refractivity contribution is -0.137. The molecular formula is C32H32N2O5S2. The summed E-state index contributed by atoms with van der Waals surface area (Å²) in [6, 6.07) is 28.9. The fourth-order valence-electron chi connectivity index (χ4n) is 4.17. The number of nitrogens with one attached hydrogen (secondary N) is 2.